The monoisotopic (exact) mass is 522 g/mol. The first kappa shape index (κ1) is 26.6. The van der Waals surface area contributed by atoms with Crippen LogP contribution in [0.25, 0.3) is 0 Å². The second kappa shape index (κ2) is 10.3. The molecule has 4 heterocycles. The number of amides is 2. The van der Waals surface area contributed by atoms with Gasteiger partial charge in [-0.25, -0.2) is 0 Å². The van der Waals surface area contributed by atoms with Crippen LogP contribution in [0.2, 0.25) is 0 Å². The number of unbranched alkanes of at least 4 members (excludes halogenated alkanes) is 2. The minimum Gasteiger partial charge on any atom is -0.465 e. The number of para-hydroxylation sites is 1. The third-order valence-corrected chi connectivity index (χ3v) is 8.67. The Hall–Kier alpha value is -2.97. The lowest BCUT2D eigenvalue weighted by molar-refractivity contribution is -0.160. The van der Waals surface area contributed by atoms with Crippen molar-refractivity contribution in [3.05, 3.63) is 53.6 Å². The zero-order valence-corrected chi connectivity index (χ0v) is 22.5. The molecule has 2 amide bonds. The van der Waals surface area contributed by atoms with Crippen LogP contribution in [0.4, 0.5) is 5.69 Å². The van der Waals surface area contributed by atoms with Crippen molar-refractivity contribution in [2.75, 3.05) is 31.2 Å². The molecule has 38 heavy (non-hydrogen) atoms. The molecule has 0 aromatic heterocycles. The molecule has 1 unspecified atom stereocenters. The van der Waals surface area contributed by atoms with E-state index < -0.39 is 35.0 Å². The number of hydrogen-bond acceptors (Lipinski definition) is 6. The standard InChI is InChI=1S/C30H38N2O6/c1-4-29-14-6-9-19-37-28(36)23(29)22-26(34)32(16-7-5-8-18-33)25-27(35)31(17-11-15-30(22,25)38-29)24-20(2)12-10-13-21(24)3/h6,10-15,22-23,25,33H,4-5,7-9,16-19H2,1-3H3/t22-,23-,25?,29+,30-/m0/s1. The molecular formula is C30H38N2O6. The van der Waals surface area contributed by atoms with Crippen LogP contribution in [0.5, 0.6) is 0 Å². The first-order valence-electron chi connectivity index (χ1n) is 13.8. The minimum atomic E-state index is -1.29. The van der Waals surface area contributed by atoms with E-state index in [9.17, 15) is 19.5 Å². The van der Waals surface area contributed by atoms with Crippen molar-refractivity contribution in [3.63, 3.8) is 0 Å². The van der Waals surface area contributed by atoms with Crippen LogP contribution >= 0.6 is 0 Å². The van der Waals surface area contributed by atoms with Gasteiger partial charge in [-0.05, 0) is 57.1 Å². The van der Waals surface area contributed by atoms with E-state index in [0.717, 1.165) is 23.2 Å². The number of anilines is 1. The predicted molar refractivity (Wildman–Crippen MR) is 142 cm³/mol. The van der Waals surface area contributed by atoms with Gasteiger partial charge < -0.3 is 24.4 Å². The lowest BCUT2D eigenvalue weighted by Crippen LogP contribution is -2.56. The molecule has 5 rings (SSSR count). The van der Waals surface area contributed by atoms with Gasteiger partial charge in [-0.3, -0.25) is 14.4 Å². The summed E-state index contributed by atoms with van der Waals surface area (Å²) >= 11 is 0. The summed E-state index contributed by atoms with van der Waals surface area (Å²) in [7, 11) is 0. The Morgan fingerprint density at radius 3 is 2.47 bits per heavy atom. The van der Waals surface area contributed by atoms with Crippen LogP contribution in [0.1, 0.15) is 50.2 Å². The highest BCUT2D eigenvalue weighted by atomic mass is 16.6. The number of carbonyl (C=O) groups excluding carboxylic acids is 3. The summed E-state index contributed by atoms with van der Waals surface area (Å²) in [4.78, 5) is 45.7. The topological polar surface area (TPSA) is 96.4 Å². The fraction of sp³-hybridized carbons (Fsp3) is 0.567. The summed E-state index contributed by atoms with van der Waals surface area (Å²) in [6.07, 6.45) is 10.7. The number of aliphatic hydroxyl groups is 1. The Kier molecular flexibility index (Phi) is 7.22. The second-order valence-corrected chi connectivity index (χ2v) is 10.9. The number of benzene rings is 1. The Morgan fingerprint density at radius 2 is 1.76 bits per heavy atom. The molecule has 0 bridgehead atoms. The molecule has 2 fully saturated rings. The van der Waals surface area contributed by atoms with E-state index in [1.54, 1.807) is 9.80 Å². The highest BCUT2D eigenvalue weighted by Gasteiger charge is 2.75. The maximum absolute atomic E-state index is 14.6. The number of fused-ring (bicyclic) bond motifs is 2. The van der Waals surface area contributed by atoms with Crippen LogP contribution in [0.3, 0.4) is 0 Å². The summed E-state index contributed by atoms with van der Waals surface area (Å²) in [6, 6.07) is 5.02. The minimum absolute atomic E-state index is 0.0777. The first-order chi connectivity index (χ1) is 18.3. The molecule has 2 saturated heterocycles. The Bertz CT molecular complexity index is 1160. The Morgan fingerprint density at radius 1 is 1.00 bits per heavy atom. The van der Waals surface area contributed by atoms with Gasteiger partial charge in [0.1, 0.15) is 23.2 Å². The normalized spacial score (nSPS) is 32.4. The van der Waals surface area contributed by atoms with Gasteiger partial charge in [-0.1, -0.05) is 49.4 Å². The van der Waals surface area contributed by atoms with E-state index >= 15 is 0 Å². The van der Waals surface area contributed by atoms with Crippen molar-refractivity contribution in [2.24, 2.45) is 11.8 Å². The van der Waals surface area contributed by atoms with Crippen LogP contribution in [-0.2, 0) is 23.9 Å². The smallest absolute Gasteiger partial charge is 0.313 e. The van der Waals surface area contributed by atoms with Gasteiger partial charge in [-0.2, -0.15) is 0 Å². The van der Waals surface area contributed by atoms with Crippen LogP contribution in [0, 0.1) is 25.7 Å². The lowest BCUT2D eigenvalue weighted by Gasteiger charge is -2.39. The molecule has 1 aromatic carbocycles. The third kappa shape index (κ3) is 4.00. The van der Waals surface area contributed by atoms with Gasteiger partial charge >= 0.3 is 5.97 Å². The zero-order valence-electron chi connectivity index (χ0n) is 22.5. The van der Waals surface area contributed by atoms with E-state index in [0.29, 0.717) is 38.8 Å². The molecule has 5 atom stereocenters. The van der Waals surface area contributed by atoms with E-state index in [1.807, 2.05) is 63.3 Å². The fourth-order valence-corrected chi connectivity index (χ4v) is 6.97. The molecule has 0 saturated carbocycles. The summed E-state index contributed by atoms with van der Waals surface area (Å²) in [5.74, 6) is -2.59. The molecular weight excluding hydrogens is 484 g/mol. The van der Waals surface area contributed by atoms with Crippen molar-refractivity contribution < 1.29 is 29.0 Å². The lowest BCUT2D eigenvalue weighted by atomic mass is 9.73. The number of cyclic esters (lactones) is 1. The maximum Gasteiger partial charge on any atom is 0.313 e. The van der Waals surface area contributed by atoms with E-state index in [2.05, 4.69) is 0 Å². The highest BCUT2D eigenvalue weighted by Crippen LogP contribution is 2.58. The second-order valence-electron chi connectivity index (χ2n) is 10.9. The van der Waals surface area contributed by atoms with Crippen LogP contribution in [0.15, 0.2) is 42.5 Å². The largest absolute Gasteiger partial charge is 0.465 e. The van der Waals surface area contributed by atoms with Crippen LogP contribution < -0.4 is 4.90 Å². The van der Waals surface area contributed by atoms with Gasteiger partial charge in [0, 0.05) is 25.4 Å². The van der Waals surface area contributed by atoms with Gasteiger partial charge in [0.2, 0.25) is 5.91 Å². The summed E-state index contributed by atoms with van der Waals surface area (Å²) in [5.41, 5.74) is 0.471. The first-order valence-corrected chi connectivity index (χ1v) is 13.8. The highest BCUT2D eigenvalue weighted by molar-refractivity contribution is 6.06. The molecule has 0 aliphatic carbocycles. The predicted octanol–water partition coefficient (Wildman–Crippen LogP) is 3.23. The molecule has 204 valence electrons. The Balaban J connectivity index is 1.64. The number of likely N-dealkylation sites (tertiary alicyclic amines) is 1. The number of aryl methyl sites for hydroxylation is 2. The maximum atomic E-state index is 14.6. The summed E-state index contributed by atoms with van der Waals surface area (Å²) < 4.78 is 12.5. The number of hydrogen-bond donors (Lipinski definition) is 1. The third-order valence-electron chi connectivity index (χ3n) is 8.67. The van der Waals surface area contributed by atoms with Crippen molar-refractivity contribution >= 4 is 23.5 Å². The SMILES string of the molecule is CC[C@@]12C=CCCOC(=O)[C@@H]1[C@H]1C(=O)N(CCCCCO)C3C(=O)N(c4c(C)cccc4C)CC=C[C@@]31O2. The summed E-state index contributed by atoms with van der Waals surface area (Å²) in [6.45, 7) is 6.93. The summed E-state index contributed by atoms with van der Waals surface area (Å²) in [5, 5.41) is 9.26. The molecule has 1 aromatic rings. The number of rotatable bonds is 7. The van der Waals surface area contributed by atoms with Gasteiger partial charge in [0.25, 0.3) is 5.91 Å². The van der Waals surface area contributed by atoms with E-state index in [1.165, 1.54) is 0 Å². The molecule has 8 heteroatoms. The number of nitrogens with zero attached hydrogens (tertiary/aromatic N) is 2. The Labute approximate surface area is 224 Å². The number of esters is 1. The zero-order chi connectivity index (χ0) is 27.1. The molecule has 4 aliphatic heterocycles. The molecule has 1 N–H and O–H groups in total. The average molecular weight is 523 g/mol. The van der Waals surface area contributed by atoms with E-state index in [-0.39, 0.29) is 25.0 Å². The van der Waals surface area contributed by atoms with Crippen LogP contribution in [-0.4, -0.2) is 71.3 Å². The number of ether oxygens (including phenoxy) is 2. The number of carbonyl (C=O) groups is 3. The van der Waals surface area contributed by atoms with Crippen molar-refractivity contribution in [3.8, 4) is 0 Å². The quantitative estimate of drug-likeness (QED) is 0.336. The molecule has 0 radical (unpaired) electrons. The van der Waals surface area contributed by atoms with Crippen molar-refractivity contribution in [2.45, 2.75) is 70.1 Å². The fourth-order valence-electron chi connectivity index (χ4n) is 6.97. The number of aliphatic hydroxyl groups excluding tert-OH is 1. The van der Waals surface area contributed by atoms with Gasteiger partial charge in [0.15, 0.2) is 0 Å². The molecule has 4 aliphatic rings. The van der Waals surface area contributed by atoms with E-state index in [4.69, 9.17) is 9.47 Å². The molecule has 1 spiro atoms. The van der Waals surface area contributed by atoms with Crippen molar-refractivity contribution in [1.29, 1.82) is 0 Å². The average Bonchev–Trinajstić information content (AvgIpc) is 3.23. The van der Waals surface area contributed by atoms with Gasteiger partial charge in [-0.15, -0.1) is 0 Å². The van der Waals surface area contributed by atoms with Gasteiger partial charge in [0.05, 0.1) is 12.5 Å². The van der Waals surface area contributed by atoms with Crippen molar-refractivity contribution in [1.82, 2.24) is 4.90 Å². The molecule has 8 nitrogen and oxygen atoms in total.